The minimum Gasteiger partial charge on any atom is -0.489 e. The molecular formula is C13H21N3O2. The predicted octanol–water partition coefficient (Wildman–Crippen LogP) is 1.65. The molecule has 1 aliphatic heterocycles. The summed E-state index contributed by atoms with van der Waals surface area (Å²) in [5, 5.41) is 0. The summed E-state index contributed by atoms with van der Waals surface area (Å²) in [6, 6.07) is 0. The number of aromatic amines is 1. The number of ether oxygens (including phenoxy) is 1. The monoisotopic (exact) mass is 251 g/mol. The second-order valence-corrected chi connectivity index (χ2v) is 5.16. The summed E-state index contributed by atoms with van der Waals surface area (Å²) >= 11 is 0. The van der Waals surface area contributed by atoms with Crippen LogP contribution >= 0.6 is 0 Å². The van der Waals surface area contributed by atoms with E-state index in [1.165, 1.54) is 13.4 Å². The smallest absolute Gasteiger partial charge is 0.295 e. The first-order valence-electron chi connectivity index (χ1n) is 6.50. The molecule has 1 aromatic heterocycles. The van der Waals surface area contributed by atoms with Gasteiger partial charge in [0.1, 0.15) is 0 Å². The first-order chi connectivity index (χ1) is 8.63. The maximum atomic E-state index is 11.6. The fourth-order valence-corrected chi connectivity index (χ4v) is 2.56. The topological polar surface area (TPSA) is 58.2 Å². The fraction of sp³-hybridized carbons (Fsp3) is 0.692. The van der Waals surface area contributed by atoms with Crippen molar-refractivity contribution >= 4 is 5.82 Å². The summed E-state index contributed by atoms with van der Waals surface area (Å²) in [6.07, 6.45) is 3.74. The maximum Gasteiger partial charge on any atom is 0.295 e. The number of hydrogen-bond donors (Lipinski definition) is 1. The molecule has 5 nitrogen and oxygen atoms in total. The number of aromatic nitrogens is 2. The third-order valence-electron chi connectivity index (χ3n) is 3.78. The van der Waals surface area contributed by atoms with Gasteiger partial charge in [-0.25, -0.2) is 4.98 Å². The van der Waals surface area contributed by atoms with Crippen LogP contribution in [-0.4, -0.2) is 30.2 Å². The Morgan fingerprint density at radius 1 is 1.44 bits per heavy atom. The molecule has 100 valence electrons. The molecule has 0 unspecified atom stereocenters. The van der Waals surface area contributed by atoms with E-state index in [4.69, 9.17) is 4.74 Å². The van der Waals surface area contributed by atoms with Crippen LogP contribution in [0.5, 0.6) is 5.75 Å². The quantitative estimate of drug-likeness (QED) is 0.887. The van der Waals surface area contributed by atoms with E-state index in [1.54, 1.807) is 0 Å². The highest BCUT2D eigenvalue weighted by atomic mass is 16.5. The Hall–Kier alpha value is -1.52. The zero-order chi connectivity index (χ0) is 13.1. The van der Waals surface area contributed by atoms with Crippen LogP contribution in [0.15, 0.2) is 11.1 Å². The lowest BCUT2D eigenvalue weighted by atomic mass is 9.87. The van der Waals surface area contributed by atoms with Crippen molar-refractivity contribution in [2.75, 3.05) is 25.1 Å². The number of nitrogens with one attached hydrogen (secondary N) is 1. The molecule has 1 N–H and O–H groups in total. The van der Waals surface area contributed by atoms with Crippen LogP contribution in [0.3, 0.4) is 0 Å². The molecule has 18 heavy (non-hydrogen) atoms. The number of anilines is 1. The Morgan fingerprint density at radius 2 is 2.11 bits per heavy atom. The molecule has 0 saturated carbocycles. The zero-order valence-corrected chi connectivity index (χ0v) is 11.3. The van der Waals surface area contributed by atoms with Gasteiger partial charge in [-0.15, -0.1) is 0 Å². The van der Waals surface area contributed by atoms with Gasteiger partial charge in [0.2, 0.25) is 5.75 Å². The summed E-state index contributed by atoms with van der Waals surface area (Å²) < 4.78 is 5.16. The Balaban J connectivity index is 2.15. The summed E-state index contributed by atoms with van der Waals surface area (Å²) in [6.45, 7) is 6.42. The molecule has 1 aromatic rings. The molecule has 0 amide bonds. The Kier molecular flexibility index (Phi) is 3.89. The van der Waals surface area contributed by atoms with Crippen molar-refractivity contribution in [3.05, 3.63) is 16.7 Å². The van der Waals surface area contributed by atoms with Crippen molar-refractivity contribution in [2.24, 2.45) is 11.8 Å². The third kappa shape index (κ3) is 2.49. The summed E-state index contributed by atoms with van der Waals surface area (Å²) in [5.74, 6) is 2.49. The standard InChI is InChI=1S/C13H21N3O2/c1-9(2)10-4-6-16(7-5-10)12-11(18-3)13(17)15-8-14-12/h8-10H,4-7H2,1-3H3,(H,14,15,17). The van der Waals surface area contributed by atoms with E-state index in [0.717, 1.165) is 37.8 Å². The number of nitrogens with zero attached hydrogens (tertiary/aromatic N) is 2. The van der Waals surface area contributed by atoms with Crippen LogP contribution in [0.2, 0.25) is 0 Å². The van der Waals surface area contributed by atoms with Crippen LogP contribution in [0, 0.1) is 11.8 Å². The highest BCUT2D eigenvalue weighted by Crippen LogP contribution is 2.29. The predicted molar refractivity (Wildman–Crippen MR) is 71.2 cm³/mol. The van der Waals surface area contributed by atoms with E-state index < -0.39 is 0 Å². The molecular weight excluding hydrogens is 230 g/mol. The van der Waals surface area contributed by atoms with Gasteiger partial charge >= 0.3 is 0 Å². The van der Waals surface area contributed by atoms with Crippen molar-refractivity contribution in [1.82, 2.24) is 9.97 Å². The molecule has 0 aliphatic carbocycles. The molecule has 2 heterocycles. The minimum atomic E-state index is -0.214. The van der Waals surface area contributed by atoms with Crippen molar-refractivity contribution in [1.29, 1.82) is 0 Å². The zero-order valence-electron chi connectivity index (χ0n) is 11.3. The van der Waals surface area contributed by atoms with E-state index in [-0.39, 0.29) is 5.56 Å². The number of hydrogen-bond acceptors (Lipinski definition) is 4. The molecule has 2 rings (SSSR count). The lowest BCUT2D eigenvalue weighted by Gasteiger charge is -2.34. The number of rotatable bonds is 3. The van der Waals surface area contributed by atoms with Crippen LogP contribution in [0.4, 0.5) is 5.82 Å². The molecule has 5 heteroatoms. The van der Waals surface area contributed by atoms with E-state index in [1.807, 2.05) is 0 Å². The van der Waals surface area contributed by atoms with E-state index in [9.17, 15) is 4.79 Å². The van der Waals surface area contributed by atoms with Crippen molar-refractivity contribution in [3.63, 3.8) is 0 Å². The van der Waals surface area contributed by atoms with Crippen molar-refractivity contribution in [3.8, 4) is 5.75 Å². The highest BCUT2D eigenvalue weighted by Gasteiger charge is 2.24. The van der Waals surface area contributed by atoms with Gasteiger partial charge in [-0.1, -0.05) is 13.8 Å². The van der Waals surface area contributed by atoms with Crippen LogP contribution in [-0.2, 0) is 0 Å². The Morgan fingerprint density at radius 3 is 2.67 bits per heavy atom. The van der Waals surface area contributed by atoms with Gasteiger partial charge in [-0.2, -0.15) is 0 Å². The minimum absolute atomic E-state index is 0.214. The molecule has 0 aromatic carbocycles. The average Bonchev–Trinajstić information content (AvgIpc) is 2.38. The van der Waals surface area contributed by atoms with Gasteiger partial charge in [0.15, 0.2) is 5.82 Å². The van der Waals surface area contributed by atoms with Crippen LogP contribution in [0.1, 0.15) is 26.7 Å². The summed E-state index contributed by atoms with van der Waals surface area (Å²) in [5.41, 5.74) is -0.214. The van der Waals surface area contributed by atoms with Gasteiger partial charge < -0.3 is 14.6 Å². The van der Waals surface area contributed by atoms with Crippen LogP contribution < -0.4 is 15.2 Å². The van der Waals surface area contributed by atoms with Gasteiger partial charge in [0.25, 0.3) is 5.56 Å². The third-order valence-corrected chi connectivity index (χ3v) is 3.78. The molecule has 1 saturated heterocycles. The fourth-order valence-electron chi connectivity index (χ4n) is 2.56. The van der Waals surface area contributed by atoms with Gasteiger partial charge in [-0.3, -0.25) is 4.79 Å². The van der Waals surface area contributed by atoms with E-state index >= 15 is 0 Å². The molecule has 0 bridgehead atoms. The van der Waals surface area contributed by atoms with Gasteiger partial charge in [0, 0.05) is 13.1 Å². The molecule has 0 radical (unpaired) electrons. The lowest BCUT2D eigenvalue weighted by molar-refractivity contribution is 0.308. The maximum absolute atomic E-state index is 11.6. The van der Waals surface area contributed by atoms with Crippen LogP contribution in [0.25, 0.3) is 0 Å². The molecule has 0 atom stereocenters. The largest absolute Gasteiger partial charge is 0.489 e. The second kappa shape index (κ2) is 5.42. The van der Waals surface area contributed by atoms with Crippen molar-refractivity contribution < 1.29 is 4.74 Å². The Bertz CT molecular complexity index is 448. The average molecular weight is 251 g/mol. The lowest BCUT2D eigenvalue weighted by Crippen LogP contribution is -2.36. The first kappa shape index (κ1) is 12.9. The van der Waals surface area contributed by atoms with Gasteiger partial charge in [0.05, 0.1) is 13.4 Å². The number of piperidine rings is 1. The molecule has 1 aliphatic rings. The molecule has 1 fully saturated rings. The van der Waals surface area contributed by atoms with Gasteiger partial charge in [-0.05, 0) is 24.7 Å². The van der Waals surface area contributed by atoms with E-state index in [2.05, 4.69) is 28.7 Å². The van der Waals surface area contributed by atoms with E-state index in [0.29, 0.717) is 11.6 Å². The normalized spacial score (nSPS) is 17.2. The first-order valence-corrected chi connectivity index (χ1v) is 6.50. The molecule has 0 spiro atoms. The SMILES string of the molecule is COc1c(N2CCC(C(C)C)CC2)nc[nH]c1=O. The summed E-state index contributed by atoms with van der Waals surface area (Å²) in [7, 11) is 1.51. The number of H-pyrrole nitrogens is 1. The summed E-state index contributed by atoms with van der Waals surface area (Å²) in [4.78, 5) is 20.6. The number of methoxy groups -OCH3 is 1. The Labute approximate surface area is 107 Å². The second-order valence-electron chi connectivity index (χ2n) is 5.16. The van der Waals surface area contributed by atoms with Crippen molar-refractivity contribution in [2.45, 2.75) is 26.7 Å². The highest BCUT2D eigenvalue weighted by molar-refractivity contribution is 5.50.